The molecule has 190 valence electrons. The standard InChI is InChI=1S/C27H32ClN5O2S/c1-34-20-12-6-17(7-13-20)16-32(26-24(19-10-11-19)25(28)29-27(30-26)36-2)22-15-21(18-8-9-18)33(31-22)23-5-3-4-14-35-23/h6-7,12-13,15,18-19,23H,3-5,8-11,14,16H2,1-2H3. The molecule has 3 aliphatic rings. The average Bonchev–Trinajstić information content (AvgIpc) is 3.86. The van der Waals surface area contributed by atoms with Crippen molar-refractivity contribution >= 4 is 35.0 Å². The van der Waals surface area contributed by atoms with Gasteiger partial charge >= 0.3 is 0 Å². The highest BCUT2D eigenvalue weighted by atomic mass is 35.5. The van der Waals surface area contributed by atoms with Gasteiger partial charge in [0.15, 0.2) is 17.2 Å². The molecular weight excluding hydrogens is 494 g/mol. The van der Waals surface area contributed by atoms with E-state index in [1.54, 1.807) is 7.11 Å². The van der Waals surface area contributed by atoms with Crippen LogP contribution in [0, 0.1) is 0 Å². The van der Waals surface area contributed by atoms with Crippen molar-refractivity contribution in [2.75, 3.05) is 24.9 Å². The molecule has 2 aliphatic carbocycles. The summed E-state index contributed by atoms with van der Waals surface area (Å²) in [4.78, 5) is 11.8. The smallest absolute Gasteiger partial charge is 0.190 e. The van der Waals surface area contributed by atoms with Crippen LogP contribution in [0.15, 0.2) is 35.5 Å². The third-order valence-corrected chi connectivity index (χ3v) is 8.07. The van der Waals surface area contributed by atoms with Crippen molar-refractivity contribution < 1.29 is 9.47 Å². The largest absolute Gasteiger partial charge is 0.497 e. The first-order chi connectivity index (χ1) is 17.6. The minimum atomic E-state index is 0.00424. The number of halogens is 1. The molecule has 0 bridgehead atoms. The SMILES string of the molecule is COc1ccc(CN(c2cc(C3CC3)n(C3CCCCO3)n2)c2nc(SC)nc(Cl)c2C2CC2)cc1. The molecule has 0 radical (unpaired) electrons. The second kappa shape index (κ2) is 10.2. The molecule has 1 unspecified atom stereocenters. The van der Waals surface area contributed by atoms with Crippen LogP contribution in [0.5, 0.6) is 5.75 Å². The van der Waals surface area contributed by atoms with Crippen LogP contribution in [0.3, 0.4) is 0 Å². The van der Waals surface area contributed by atoms with Gasteiger partial charge in [0.1, 0.15) is 16.7 Å². The lowest BCUT2D eigenvalue weighted by Gasteiger charge is -2.26. The van der Waals surface area contributed by atoms with Gasteiger partial charge in [0, 0.05) is 29.8 Å². The highest BCUT2D eigenvalue weighted by Crippen LogP contribution is 2.49. The Morgan fingerprint density at radius 1 is 1.08 bits per heavy atom. The molecule has 1 atom stereocenters. The number of hydrogen-bond donors (Lipinski definition) is 0. The van der Waals surface area contributed by atoms with Gasteiger partial charge in [-0.1, -0.05) is 35.5 Å². The minimum Gasteiger partial charge on any atom is -0.497 e. The highest BCUT2D eigenvalue weighted by molar-refractivity contribution is 7.98. The van der Waals surface area contributed by atoms with E-state index in [9.17, 15) is 0 Å². The number of methoxy groups -OCH3 is 1. The zero-order chi connectivity index (χ0) is 24.6. The number of rotatable bonds is 9. The van der Waals surface area contributed by atoms with Crippen LogP contribution in [0.1, 0.15) is 79.8 Å². The van der Waals surface area contributed by atoms with Gasteiger partial charge < -0.3 is 14.4 Å². The van der Waals surface area contributed by atoms with Gasteiger partial charge in [-0.05, 0) is 74.8 Å². The van der Waals surface area contributed by atoms with Crippen molar-refractivity contribution in [1.82, 2.24) is 19.7 Å². The van der Waals surface area contributed by atoms with Crippen LogP contribution < -0.4 is 9.64 Å². The molecule has 1 saturated heterocycles. The molecule has 0 N–H and O–H groups in total. The van der Waals surface area contributed by atoms with Crippen molar-refractivity contribution in [1.29, 1.82) is 0 Å². The van der Waals surface area contributed by atoms with Crippen molar-refractivity contribution in [2.24, 2.45) is 0 Å². The molecule has 9 heteroatoms. The maximum absolute atomic E-state index is 6.79. The topological polar surface area (TPSA) is 65.3 Å². The van der Waals surface area contributed by atoms with Crippen LogP contribution in [0.4, 0.5) is 11.6 Å². The molecule has 1 aliphatic heterocycles. The Kier molecular flexibility index (Phi) is 6.84. The first-order valence-electron chi connectivity index (χ1n) is 12.9. The van der Waals surface area contributed by atoms with E-state index in [2.05, 4.69) is 32.8 Å². The molecule has 0 spiro atoms. The molecule has 3 fully saturated rings. The van der Waals surface area contributed by atoms with Gasteiger partial charge in [0.05, 0.1) is 13.7 Å². The molecule has 6 rings (SSSR count). The van der Waals surface area contributed by atoms with Crippen molar-refractivity contribution in [3.63, 3.8) is 0 Å². The second-order valence-corrected chi connectivity index (χ2v) is 11.0. The van der Waals surface area contributed by atoms with E-state index < -0.39 is 0 Å². The number of ether oxygens (including phenoxy) is 2. The number of benzene rings is 1. The fourth-order valence-corrected chi connectivity index (χ4v) is 5.70. The van der Waals surface area contributed by atoms with E-state index in [-0.39, 0.29) is 6.23 Å². The van der Waals surface area contributed by atoms with E-state index in [1.807, 2.05) is 18.4 Å². The maximum atomic E-state index is 6.79. The van der Waals surface area contributed by atoms with Crippen molar-refractivity contribution in [2.45, 2.75) is 74.7 Å². The van der Waals surface area contributed by atoms with E-state index in [1.165, 1.54) is 36.7 Å². The third-order valence-electron chi connectivity index (χ3n) is 7.23. The second-order valence-electron chi connectivity index (χ2n) is 9.91. The lowest BCUT2D eigenvalue weighted by Crippen LogP contribution is -2.23. The first kappa shape index (κ1) is 24.1. The van der Waals surface area contributed by atoms with Crippen molar-refractivity contribution in [3.8, 4) is 5.75 Å². The third kappa shape index (κ3) is 4.95. The molecule has 7 nitrogen and oxygen atoms in total. The zero-order valence-corrected chi connectivity index (χ0v) is 22.4. The number of nitrogens with zero attached hydrogens (tertiary/aromatic N) is 5. The Bertz CT molecular complexity index is 1220. The van der Waals surface area contributed by atoms with Gasteiger partial charge in [-0.15, -0.1) is 0 Å². The number of aromatic nitrogens is 4. The van der Waals surface area contributed by atoms with Crippen LogP contribution in [-0.2, 0) is 11.3 Å². The van der Waals surface area contributed by atoms with E-state index >= 15 is 0 Å². The van der Waals surface area contributed by atoms with Gasteiger partial charge in [-0.2, -0.15) is 5.10 Å². The molecule has 36 heavy (non-hydrogen) atoms. The Hall–Kier alpha value is -2.29. The summed E-state index contributed by atoms with van der Waals surface area (Å²) in [6.07, 6.45) is 9.93. The molecule has 1 aromatic carbocycles. The summed E-state index contributed by atoms with van der Waals surface area (Å²) in [6.45, 7) is 1.42. The Morgan fingerprint density at radius 2 is 1.86 bits per heavy atom. The van der Waals surface area contributed by atoms with Crippen LogP contribution >= 0.6 is 23.4 Å². The van der Waals surface area contributed by atoms with E-state index in [0.29, 0.717) is 28.7 Å². The van der Waals surface area contributed by atoms with E-state index in [4.69, 9.17) is 31.2 Å². The summed E-state index contributed by atoms with van der Waals surface area (Å²) in [5.74, 6) is 3.56. The molecule has 0 amide bonds. The molecule has 3 heterocycles. The first-order valence-corrected chi connectivity index (χ1v) is 14.5. The Labute approximate surface area is 221 Å². The minimum absolute atomic E-state index is 0.00424. The van der Waals surface area contributed by atoms with Gasteiger partial charge in [-0.3, -0.25) is 0 Å². The van der Waals surface area contributed by atoms with Gasteiger partial charge in [0.2, 0.25) is 0 Å². The van der Waals surface area contributed by atoms with Gasteiger partial charge in [0.25, 0.3) is 0 Å². The number of hydrogen-bond acceptors (Lipinski definition) is 7. The fraction of sp³-hybridized carbons (Fsp3) is 0.519. The molecule has 3 aromatic rings. The van der Waals surface area contributed by atoms with Gasteiger partial charge in [-0.25, -0.2) is 14.6 Å². The predicted molar refractivity (Wildman–Crippen MR) is 143 cm³/mol. The summed E-state index contributed by atoms with van der Waals surface area (Å²) in [5, 5.41) is 6.43. The number of anilines is 2. The monoisotopic (exact) mass is 525 g/mol. The average molecular weight is 526 g/mol. The lowest BCUT2D eigenvalue weighted by molar-refractivity contribution is -0.0410. The normalized spacial score (nSPS) is 19.9. The Balaban J connectivity index is 1.46. The predicted octanol–water partition coefficient (Wildman–Crippen LogP) is 6.85. The molecular formula is C27H32ClN5O2S. The summed E-state index contributed by atoms with van der Waals surface area (Å²) >= 11 is 8.30. The van der Waals surface area contributed by atoms with Crippen LogP contribution in [0.2, 0.25) is 5.15 Å². The maximum Gasteiger partial charge on any atom is 0.190 e. The highest BCUT2D eigenvalue weighted by Gasteiger charge is 2.36. The zero-order valence-electron chi connectivity index (χ0n) is 20.8. The quantitative estimate of drug-likeness (QED) is 0.172. The summed E-state index contributed by atoms with van der Waals surface area (Å²) in [5.41, 5.74) is 3.46. The fourth-order valence-electron chi connectivity index (χ4n) is 4.97. The summed E-state index contributed by atoms with van der Waals surface area (Å²) < 4.78 is 13.7. The van der Waals surface area contributed by atoms with Crippen LogP contribution in [-0.4, -0.2) is 39.7 Å². The van der Waals surface area contributed by atoms with Crippen molar-refractivity contribution in [3.05, 3.63) is 52.3 Å². The molecule has 2 saturated carbocycles. The summed E-state index contributed by atoms with van der Waals surface area (Å²) in [6, 6.07) is 10.5. The number of thioether (sulfide) groups is 1. The Morgan fingerprint density at radius 3 is 2.50 bits per heavy atom. The summed E-state index contributed by atoms with van der Waals surface area (Å²) in [7, 11) is 1.69. The lowest BCUT2D eigenvalue weighted by atomic mass is 10.1. The van der Waals surface area contributed by atoms with E-state index in [0.717, 1.165) is 60.8 Å². The van der Waals surface area contributed by atoms with Crippen LogP contribution in [0.25, 0.3) is 0 Å². The molecule has 2 aromatic heterocycles.